The number of ether oxygens (including phenoxy) is 1. The Morgan fingerprint density at radius 2 is 2.00 bits per heavy atom. The molecule has 0 spiro atoms. The van der Waals surface area contributed by atoms with Crippen LogP contribution in [0.1, 0.15) is 32.6 Å². The van der Waals surface area contributed by atoms with Crippen LogP contribution in [0.15, 0.2) is 0 Å². The van der Waals surface area contributed by atoms with Crippen molar-refractivity contribution in [1.82, 2.24) is 10.2 Å². The summed E-state index contributed by atoms with van der Waals surface area (Å²) in [6.45, 7) is 5.39. The van der Waals surface area contributed by atoms with Crippen molar-refractivity contribution >= 4 is 0 Å². The van der Waals surface area contributed by atoms with E-state index in [1.165, 1.54) is 19.3 Å². The maximum absolute atomic E-state index is 5.08. The third-order valence-corrected chi connectivity index (χ3v) is 2.51. The van der Waals surface area contributed by atoms with E-state index in [2.05, 4.69) is 31.2 Å². The molecule has 0 aliphatic carbocycles. The highest BCUT2D eigenvalue weighted by atomic mass is 16.5. The van der Waals surface area contributed by atoms with Gasteiger partial charge in [0, 0.05) is 19.8 Å². The van der Waals surface area contributed by atoms with Crippen LogP contribution in [0, 0.1) is 0 Å². The van der Waals surface area contributed by atoms with Crippen molar-refractivity contribution in [3.05, 3.63) is 0 Å². The van der Waals surface area contributed by atoms with Gasteiger partial charge in [-0.2, -0.15) is 0 Å². The Balaban J connectivity index is 3.63. The van der Waals surface area contributed by atoms with Gasteiger partial charge in [0.15, 0.2) is 0 Å². The number of methoxy groups -OCH3 is 1. The zero-order chi connectivity index (χ0) is 11.5. The summed E-state index contributed by atoms with van der Waals surface area (Å²) in [4.78, 5) is 2.25. The lowest BCUT2D eigenvalue weighted by molar-refractivity contribution is 0.187. The van der Waals surface area contributed by atoms with Crippen LogP contribution >= 0.6 is 0 Å². The minimum Gasteiger partial charge on any atom is -0.385 e. The molecule has 0 radical (unpaired) electrons. The number of nitrogens with one attached hydrogen (secondary N) is 1. The third-order valence-electron chi connectivity index (χ3n) is 2.51. The second-order valence-corrected chi connectivity index (χ2v) is 4.38. The Kier molecular flexibility index (Phi) is 10.3. The molecule has 15 heavy (non-hydrogen) atoms. The predicted molar refractivity (Wildman–Crippen MR) is 66.4 cm³/mol. The highest BCUT2D eigenvalue weighted by Crippen LogP contribution is 2.03. The zero-order valence-corrected chi connectivity index (χ0v) is 10.9. The molecule has 1 unspecified atom stereocenters. The molecule has 0 saturated heterocycles. The van der Waals surface area contributed by atoms with E-state index in [1.54, 1.807) is 7.11 Å². The minimum atomic E-state index is 0.655. The molecule has 0 aliphatic rings. The molecule has 3 heteroatoms. The van der Waals surface area contributed by atoms with Crippen molar-refractivity contribution in [3.8, 4) is 0 Å². The van der Waals surface area contributed by atoms with Crippen molar-refractivity contribution < 1.29 is 4.74 Å². The standard InChI is InChI=1S/C12H28N2O/c1-5-9-13-12(7-6-11-15-4)8-10-14(2)3/h12-13H,5-11H2,1-4H3. The number of nitrogens with zero attached hydrogens (tertiary/aromatic N) is 1. The summed E-state index contributed by atoms with van der Waals surface area (Å²) in [5.41, 5.74) is 0. The van der Waals surface area contributed by atoms with E-state index in [-0.39, 0.29) is 0 Å². The van der Waals surface area contributed by atoms with Gasteiger partial charge in [-0.25, -0.2) is 0 Å². The molecule has 0 heterocycles. The molecule has 1 N–H and O–H groups in total. The van der Waals surface area contributed by atoms with Crippen molar-refractivity contribution in [3.63, 3.8) is 0 Å². The van der Waals surface area contributed by atoms with E-state index in [1.807, 2.05) is 0 Å². The molecule has 0 fully saturated rings. The summed E-state index contributed by atoms with van der Waals surface area (Å²) in [5.74, 6) is 0. The monoisotopic (exact) mass is 216 g/mol. The van der Waals surface area contributed by atoms with Gasteiger partial charge >= 0.3 is 0 Å². The Morgan fingerprint density at radius 3 is 2.53 bits per heavy atom. The number of hydrogen-bond donors (Lipinski definition) is 1. The summed E-state index contributed by atoms with van der Waals surface area (Å²) >= 11 is 0. The molecule has 0 aromatic heterocycles. The highest BCUT2D eigenvalue weighted by molar-refractivity contribution is 4.67. The fourth-order valence-electron chi connectivity index (χ4n) is 1.59. The predicted octanol–water partition coefficient (Wildman–Crippen LogP) is 1.73. The van der Waals surface area contributed by atoms with Crippen LogP contribution in [0.25, 0.3) is 0 Å². The SMILES string of the molecule is CCCNC(CCCOC)CCN(C)C. The fraction of sp³-hybridized carbons (Fsp3) is 1.00. The van der Waals surface area contributed by atoms with E-state index >= 15 is 0 Å². The molecule has 0 bridgehead atoms. The molecule has 92 valence electrons. The molecular weight excluding hydrogens is 188 g/mol. The molecule has 0 aliphatic heterocycles. The summed E-state index contributed by atoms with van der Waals surface area (Å²) in [6, 6.07) is 0.655. The Labute approximate surface area is 95.2 Å². The van der Waals surface area contributed by atoms with Crippen molar-refractivity contribution in [2.24, 2.45) is 0 Å². The first-order chi connectivity index (χ1) is 7.20. The molecule has 0 amide bonds. The van der Waals surface area contributed by atoms with Crippen molar-refractivity contribution in [1.29, 1.82) is 0 Å². The van der Waals surface area contributed by atoms with Gasteiger partial charge in [0.2, 0.25) is 0 Å². The van der Waals surface area contributed by atoms with Crippen LogP contribution in [-0.2, 0) is 4.74 Å². The summed E-state index contributed by atoms with van der Waals surface area (Å²) in [7, 11) is 6.03. The van der Waals surface area contributed by atoms with E-state index in [4.69, 9.17) is 4.74 Å². The van der Waals surface area contributed by atoms with Crippen LogP contribution in [0.2, 0.25) is 0 Å². The first-order valence-corrected chi connectivity index (χ1v) is 6.07. The second-order valence-electron chi connectivity index (χ2n) is 4.38. The minimum absolute atomic E-state index is 0.655. The van der Waals surface area contributed by atoms with E-state index in [0.29, 0.717) is 6.04 Å². The lowest BCUT2D eigenvalue weighted by Crippen LogP contribution is -2.33. The molecule has 0 aromatic carbocycles. The first kappa shape index (κ1) is 14.9. The lowest BCUT2D eigenvalue weighted by atomic mass is 10.1. The van der Waals surface area contributed by atoms with E-state index < -0.39 is 0 Å². The van der Waals surface area contributed by atoms with Crippen LogP contribution < -0.4 is 5.32 Å². The lowest BCUT2D eigenvalue weighted by Gasteiger charge is -2.20. The van der Waals surface area contributed by atoms with Crippen LogP contribution in [-0.4, -0.2) is 51.8 Å². The summed E-state index contributed by atoms with van der Waals surface area (Å²) in [5, 5.41) is 3.60. The Morgan fingerprint density at radius 1 is 1.27 bits per heavy atom. The van der Waals surface area contributed by atoms with Gasteiger partial charge in [-0.1, -0.05) is 6.92 Å². The maximum Gasteiger partial charge on any atom is 0.0462 e. The molecule has 0 rings (SSSR count). The summed E-state index contributed by atoms with van der Waals surface area (Å²) < 4.78 is 5.08. The molecule has 3 nitrogen and oxygen atoms in total. The van der Waals surface area contributed by atoms with Crippen molar-refractivity contribution in [2.45, 2.75) is 38.6 Å². The van der Waals surface area contributed by atoms with Crippen LogP contribution in [0.5, 0.6) is 0 Å². The Bertz CT molecular complexity index is 129. The van der Waals surface area contributed by atoms with Crippen LogP contribution in [0.4, 0.5) is 0 Å². The van der Waals surface area contributed by atoms with E-state index in [0.717, 1.165) is 26.1 Å². The Hall–Kier alpha value is -0.120. The third kappa shape index (κ3) is 10.2. The highest BCUT2D eigenvalue weighted by Gasteiger charge is 2.07. The van der Waals surface area contributed by atoms with Gasteiger partial charge < -0.3 is 15.0 Å². The summed E-state index contributed by atoms with van der Waals surface area (Å²) in [6.07, 6.45) is 4.83. The second kappa shape index (κ2) is 10.4. The van der Waals surface area contributed by atoms with Crippen molar-refractivity contribution in [2.75, 3.05) is 40.9 Å². The topological polar surface area (TPSA) is 24.5 Å². The molecule has 0 saturated carbocycles. The molecule has 0 aromatic rings. The van der Waals surface area contributed by atoms with Crippen LogP contribution in [0.3, 0.4) is 0 Å². The van der Waals surface area contributed by atoms with Gasteiger partial charge in [-0.3, -0.25) is 0 Å². The average Bonchev–Trinajstić information content (AvgIpc) is 2.21. The van der Waals surface area contributed by atoms with E-state index in [9.17, 15) is 0 Å². The van der Waals surface area contributed by atoms with Gasteiger partial charge in [-0.15, -0.1) is 0 Å². The largest absolute Gasteiger partial charge is 0.385 e. The van der Waals surface area contributed by atoms with Gasteiger partial charge in [0.25, 0.3) is 0 Å². The number of hydrogen-bond acceptors (Lipinski definition) is 3. The molecular formula is C12H28N2O. The number of rotatable bonds is 10. The first-order valence-electron chi connectivity index (χ1n) is 6.07. The fourth-order valence-corrected chi connectivity index (χ4v) is 1.59. The average molecular weight is 216 g/mol. The normalized spacial score (nSPS) is 13.4. The molecule has 1 atom stereocenters. The van der Waals surface area contributed by atoms with Gasteiger partial charge in [-0.05, 0) is 52.9 Å². The van der Waals surface area contributed by atoms with Gasteiger partial charge in [0.1, 0.15) is 0 Å². The zero-order valence-electron chi connectivity index (χ0n) is 10.9. The quantitative estimate of drug-likeness (QED) is 0.563. The smallest absolute Gasteiger partial charge is 0.0462 e. The maximum atomic E-state index is 5.08. The van der Waals surface area contributed by atoms with Gasteiger partial charge in [0.05, 0.1) is 0 Å².